The largest absolute Gasteiger partial charge is 0.481 e. The molecule has 0 rings (SSSR count). The van der Waals surface area contributed by atoms with Gasteiger partial charge in [0.05, 0.1) is 12.7 Å². The average Bonchev–Trinajstić information content (AvgIpc) is 2.78. The van der Waals surface area contributed by atoms with Crippen LogP contribution in [0.5, 0.6) is 0 Å². The van der Waals surface area contributed by atoms with Gasteiger partial charge in [0.2, 0.25) is 0 Å². The Kier molecular flexibility index (Phi) is 24.1. The molecule has 0 amide bonds. The molecule has 2 atom stereocenters. The lowest BCUT2D eigenvalue weighted by molar-refractivity contribution is -0.144. The first-order valence-corrected chi connectivity index (χ1v) is 14.2. The molecule has 0 radical (unpaired) electrons. The van der Waals surface area contributed by atoms with Gasteiger partial charge in [0.25, 0.3) is 0 Å². The number of carboxylic acid groups (broad SMARTS) is 1. The highest BCUT2D eigenvalue weighted by molar-refractivity contribution is 5.69. The maximum absolute atomic E-state index is 11.9. The lowest BCUT2D eigenvalue weighted by Gasteiger charge is -2.20. The number of aliphatic hydroxyl groups excluding tert-OH is 1. The molecule has 0 aromatic heterocycles. The molecule has 0 aliphatic heterocycles. The highest BCUT2D eigenvalue weighted by atomic mass is 16.5. The number of aliphatic hydroxyl groups is 1. The maximum Gasteiger partial charge on any atom is 0.305 e. The zero-order valence-corrected chi connectivity index (χ0v) is 22.3. The van der Waals surface area contributed by atoms with Crippen molar-refractivity contribution in [3.63, 3.8) is 0 Å². The molecule has 0 aromatic rings. The van der Waals surface area contributed by atoms with E-state index in [0.717, 1.165) is 90.0 Å². The van der Waals surface area contributed by atoms with E-state index in [9.17, 15) is 14.7 Å². The van der Waals surface area contributed by atoms with Gasteiger partial charge in [-0.05, 0) is 52.0 Å². The van der Waals surface area contributed by atoms with Crippen molar-refractivity contribution in [2.75, 3.05) is 13.2 Å². The van der Waals surface area contributed by atoms with Gasteiger partial charge in [-0.2, -0.15) is 0 Å². The standard InChI is InChI=1S/C28H55NO5/c1-3-4-5-6-7-13-18-23-34-28(33)21-16-11-10-14-19-26(24-25(2)30)29-22-17-12-8-9-15-20-27(31)32/h25-26,29-30H,3-24H2,1-2H3,(H,31,32)/t25-,26?/m0/s1. The van der Waals surface area contributed by atoms with Crippen molar-refractivity contribution in [2.24, 2.45) is 0 Å². The predicted molar refractivity (Wildman–Crippen MR) is 140 cm³/mol. The van der Waals surface area contributed by atoms with Crippen molar-refractivity contribution < 1.29 is 24.5 Å². The van der Waals surface area contributed by atoms with E-state index >= 15 is 0 Å². The molecule has 3 N–H and O–H groups in total. The number of hydrogen-bond donors (Lipinski definition) is 3. The van der Waals surface area contributed by atoms with Gasteiger partial charge in [0, 0.05) is 18.9 Å². The quantitative estimate of drug-likeness (QED) is 0.0923. The van der Waals surface area contributed by atoms with Gasteiger partial charge >= 0.3 is 11.9 Å². The van der Waals surface area contributed by atoms with Crippen LogP contribution < -0.4 is 5.32 Å². The average molecular weight is 486 g/mol. The lowest BCUT2D eigenvalue weighted by atomic mass is 10.0. The van der Waals surface area contributed by atoms with Gasteiger partial charge in [-0.1, -0.05) is 84.0 Å². The summed E-state index contributed by atoms with van der Waals surface area (Å²) < 4.78 is 5.35. The Morgan fingerprint density at radius 3 is 1.97 bits per heavy atom. The molecule has 0 heterocycles. The van der Waals surface area contributed by atoms with Crippen LogP contribution in [-0.4, -0.2) is 47.4 Å². The molecular weight excluding hydrogens is 430 g/mol. The van der Waals surface area contributed by atoms with Gasteiger partial charge in [-0.3, -0.25) is 9.59 Å². The Labute approximate surface area is 209 Å². The monoisotopic (exact) mass is 485 g/mol. The third-order valence-electron chi connectivity index (χ3n) is 6.32. The van der Waals surface area contributed by atoms with Crippen molar-refractivity contribution in [3.8, 4) is 0 Å². The van der Waals surface area contributed by atoms with Crippen LogP contribution in [0.4, 0.5) is 0 Å². The summed E-state index contributed by atoms with van der Waals surface area (Å²) >= 11 is 0. The molecule has 202 valence electrons. The van der Waals surface area contributed by atoms with Gasteiger partial charge in [-0.15, -0.1) is 0 Å². The third-order valence-corrected chi connectivity index (χ3v) is 6.32. The fraction of sp³-hybridized carbons (Fsp3) is 0.929. The van der Waals surface area contributed by atoms with Crippen LogP contribution in [0.15, 0.2) is 0 Å². The van der Waals surface area contributed by atoms with Crippen LogP contribution in [0, 0.1) is 0 Å². The van der Waals surface area contributed by atoms with Crippen LogP contribution in [0.1, 0.15) is 142 Å². The number of ether oxygens (including phenoxy) is 1. The number of carboxylic acids is 1. The summed E-state index contributed by atoms with van der Waals surface area (Å²) in [5.74, 6) is -0.760. The van der Waals surface area contributed by atoms with E-state index in [0.29, 0.717) is 19.1 Å². The molecule has 0 aliphatic carbocycles. The Morgan fingerprint density at radius 1 is 0.765 bits per heavy atom. The Balaban J connectivity index is 3.64. The van der Waals surface area contributed by atoms with E-state index in [4.69, 9.17) is 9.84 Å². The van der Waals surface area contributed by atoms with Crippen LogP contribution >= 0.6 is 0 Å². The summed E-state index contributed by atoms with van der Waals surface area (Å²) in [6, 6.07) is 0.332. The predicted octanol–water partition coefficient (Wildman–Crippen LogP) is 6.78. The van der Waals surface area contributed by atoms with Crippen molar-refractivity contribution in [1.82, 2.24) is 5.32 Å². The molecule has 0 saturated carbocycles. The van der Waals surface area contributed by atoms with E-state index in [1.165, 1.54) is 32.1 Å². The molecule has 1 unspecified atom stereocenters. The van der Waals surface area contributed by atoms with Gasteiger partial charge in [0.1, 0.15) is 0 Å². The summed E-state index contributed by atoms with van der Waals surface area (Å²) in [5, 5.41) is 22.0. The fourth-order valence-corrected chi connectivity index (χ4v) is 4.28. The Morgan fingerprint density at radius 2 is 1.32 bits per heavy atom. The Bertz CT molecular complexity index is 470. The third kappa shape index (κ3) is 25.5. The molecule has 0 spiro atoms. The fourth-order valence-electron chi connectivity index (χ4n) is 4.28. The number of carbonyl (C=O) groups excluding carboxylic acids is 1. The van der Waals surface area contributed by atoms with Crippen molar-refractivity contribution >= 4 is 11.9 Å². The van der Waals surface area contributed by atoms with E-state index < -0.39 is 5.97 Å². The number of aliphatic carboxylic acids is 1. The molecule has 0 aromatic carbocycles. The first-order chi connectivity index (χ1) is 16.5. The second-order valence-corrected chi connectivity index (χ2v) is 9.94. The molecule has 0 aliphatic rings. The summed E-state index contributed by atoms with van der Waals surface area (Å²) in [4.78, 5) is 22.4. The van der Waals surface area contributed by atoms with Crippen molar-refractivity contribution in [1.29, 1.82) is 0 Å². The lowest BCUT2D eigenvalue weighted by Crippen LogP contribution is -2.32. The van der Waals surface area contributed by atoms with Crippen LogP contribution in [-0.2, 0) is 14.3 Å². The highest BCUT2D eigenvalue weighted by Crippen LogP contribution is 2.13. The zero-order valence-electron chi connectivity index (χ0n) is 22.3. The van der Waals surface area contributed by atoms with Crippen LogP contribution in [0.3, 0.4) is 0 Å². The second kappa shape index (κ2) is 25.0. The molecule has 0 fully saturated rings. The SMILES string of the molecule is CCCCCCCCCOC(=O)CCCCCCC(C[C@H](C)O)NCCCCCCCC(=O)O. The Hall–Kier alpha value is -1.14. The summed E-state index contributed by atoms with van der Waals surface area (Å²) in [6.07, 6.45) is 20.1. The molecule has 6 nitrogen and oxygen atoms in total. The van der Waals surface area contributed by atoms with E-state index in [1.807, 2.05) is 6.92 Å². The van der Waals surface area contributed by atoms with Crippen LogP contribution in [0.25, 0.3) is 0 Å². The number of hydrogen-bond acceptors (Lipinski definition) is 5. The highest BCUT2D eigenvalue weighted by Gasteiger charge is 2.11. The van der Waals surface area contributed by atoms with E-state index in [1.54, 1.807) is 0 Å². The van der Waals surface area contributed by atoms with Gasteiger partial charge in [-0.25, -0.2) is 0 Å². The molecule has 0 saturated heterocycles. The topological polar surface area (TPSA) is 95.9 Å². The number of rotatable bonds is 26. The molecular formula is C28H55NO5. The second-order valence-electron chi connectivity index (χ2n) is 9.94. The minimum atomic E-state index is -0.707. The van der Waals surface area contributed by atoms with Crippen molar-refractivity contribution in [2.45, 2.75) is 154 Å². The number of esters is 1. The zero-order chi connectivity index (χ0) is 25.3. The molecule has 0 bridgehead atoms. The molecule has 34 heavy (non-hydrogen) atoms. The van der Waals surface area contributed by atoms with E-state index in [-0.39, 0.29) is 18.5 Å². The van der Waals surface area contributed by atoms with Crippen molar-refractivity contribution in [3.05, 3.63) is 0 Å². The summed E-state index contributed by atoms with van der Waals surface area (Å²) in [5.41, 5.74) is 0. The summed E-state index contributed by atoms with van der Waals surface area (Å²) in [7, 11) is 0. The van der Waals surface area contributed by atoms with Gasteiger partial charge < -0.3 is 20.3 Å². The van der Waals surface area contributed by atoms with E-state index in [2.05, 4.69) is 12.2 Å². The number of carbonyl (C=O) groups is 2. The van der Waals surface area contributed by atoms with Crippen LogP contribution in [0.2, 0.25) is 0 Å². The number of nitrogens with one attached hydrogen (secondary N) is 1. The first kappa shape index (κ1) is 32.9. The summed E-state index contributed by atoms with van der Waals surface area (Å²) in [6.45, 7) is 5.59. The normalized spacial score (nSPS) is 13.0. The van der Waals surface area contributed by atoms with Gasteiger partial charge in [0.15, 0.2) is 0 Å². The minimum absolute atomic E-state index is 0.0532. The number of unbranched alkanes of at least 4 members (excludes halogenated alkanes) is 13. The first-order valence-electron chi connectivity index (χ1n) is 14.2. The smallest absolute Gasteiger partial charge is 0.305 e. The maximum atomic E-state index is 11.9. The molecule has 6 heteroatoms. The minimum Gasteiger partial charge on any atom is -0.481 e.